The Balaban J connectivity index is 2.58. The molecule has 1 heterocycles. The number of carbonyl (C=O) groups is 1. The van der Waals surface area contributed by atoms with Gasteiger partial charge in [0, 0.05) is 19.4 Å². The molecule has 0 aliphatic heterocycles. The van der Waals surface area contributed by atoms with Crippen molar-refractivity contribution < 1.29 is 19.4 Å². The van der Waals surface area contributed by atoms with Crippen LogP contribution in [-0.2, 0) is 16.0 Å². The number of hydrogen-bond acceptors (Lipinski definition) is 4. The van der Waals surface area contributed by atoms with E-state index in [0.29, 0.717) is 19.8 Å². The van der Waals surface area contributed by atoms with Gasteiger partial charge in [-0.15, -0.1) is 0 Å². The fraction of sp³-hybridized carbons (Fsp3) is 0.600. The number of rotatable bonds is 7. The molecule has 0 spiro atoms. The van der Waals surface area contributed by atoms with Gasteiger partial charge >= 0.3 is 5.97 Å². The van der Waals surface area contributed by atoms with Gasteiger partial charge in [-0.25, -0.2) is 4.79 Å². The third kappa shape index (κ3) is 3.63. The Bertz CT molecular complexity index is 331. The maximum atomic E-state index is 10.6. The lowest BCUT2D eigenvalue weighted by Crippen LogP contribution is -2.23. The van der Waals surface area contributed by atoms with Crippen LogP contribution in [0.1, 0.15) is 24.2 Å². The van der Waals surface area contributed by atoms with Crippen LogP contribution in [0.15, 0.2) is 12.4 Å². The molecule has 0 atom stereocenters. The molecule has 0 bridgehead atoms. The molecule has 0 amide bonds. The molecule has 0 unspecified atom stereocenters. The van der Waals surface area contributed by atoms with E-state index < -0.39 is 12.3 Å². The smallest absolute Gasteiger partial charge is 0.338 e. The van der Waals surface area contributed by atoms with E-state index in [1.54, 1.807) is 0 Å². The summed E-state index contributed by atoms with van der Waals surface area (Å²) in [7, 11) is 0. The Hall–Kier alpha value is -1.40. The Morgan fingerprint density at radius 3 is 2.56 bits per heavy atom. The quantitative estimate of drug-likeness (QED) is 0.704. The largest absolute Gasteiger partial charge is 0.478 e. The predicted molar refractivity (Wildman–Crippen MR) is 56.2 cm³/mol. The second kappa shape index (κ2) is 6.24. The summed E-state index contributed by atoms with van der Waals surface area (Å²) in [4.78, 5) is 10.6. The molecular weight excluding hydrogens is 212 g/mol. The molecule has 0 aliphatic rings. The second-order valence-electron chi connectivity index (χ2n) is 3.10. The van der Waals surface area contributed by atoms with E-state index in [9.17, 15) is 4.79 Å². The van der Waals surface area contributed by atoms with Crippen molar-refractivity contribution >= 4 is 5.97 Å². The van der Waals surface area contributed by atoms with Crippen LogP contribution in [0.5, 0.6) is 0 Å². The van der Waals surface area contributed by atoms with Crippen LogP contribution < -0.4 is 0 Å². The first-order chi connectivity index (χ1) is 7.67. The van der Waals surface area contributed by atoms with Gasteiger partial charge in [0.25, 0.3) is 0 Å². The Morgan fingerprint density at radius 1 is 1.50 bits per heavy atom. The highest BCUT2D eigenvalue weighted by molar-refractivity contribution is 5.86. The number of nitrogens with zero attached hydrogens (tertiary/aromatic N) is 2. The highest BCUT2D eigenvalue weighted by Crippen LogP contribution is 2.02. The van der Waals surface area contributed by atoms with Crippen molar-refractivity contribution in [2.75, 3.05) is 13.2 Å². The monoisotopic (exact) mass is 228 g/mol. The lowest BCUT2D eigenvalue weighted by atomic mass is 10.4. The molecule has 0 aromatic carbocycles. The molecule has 16 heavy (non-hydrogen) atoms. The van der Waals surface area contributed by atoms with E-state index in [4.69, 9.17) is 14.6 Å². The summed E-state index contributed by atoms with van der Waals surface area (Å²) in [6.45, 7) is 5.21. The van der Waals surface area contributed by atoms with Crippen LogP contribution in [0.3, 0.4) is 0 Å². The van der Waals surface area contributed by atoms with E-state index in [2.05, 4.69) is 5.10 Å². The fourth-order valence-corrected chi connectivity index (χ4v) is 1.25. The highest BCUT2D eigenvalue weighted by atomic mass is 16.7. The number of carboxylic acids is 1. The first kappa shape index (κ1) is 12.7. The van der Waals surface area contributed by atoms with Gasteiger partial charge in [-0.05, 0) is 13.8 Å². The van der Waals surface area contributed by atoms with Gasteiger partial charge in [0.15, 0.2) is 6.29 Å². The number of carboxylic acid groups (broad SMARTS) is 1. The molecule has 6 heteroatoms. The van der Waals surface area contributed by atoms with Crippen LogP contribution in [0.2, 0.25) is 0 Å². The Morgan fingerprint density at radius 2 is 2.12 bits per heavy atom. The third-order valence-corrected chi connectivity index (χ3v) is 1.92. The van der Waals surface area contributed by atoms with Gasteiger partial charge in [0.1, 0.15) is 0 Å². The van der Waals surface area contributed by atoms with Crippen molar-refractivity contribution in [2.24, 2.45) is 0 Å². The maximum absolute atomic E-state index is 10.6. The molecule has 1 aromatic rings. The van der Waals surface area contributed by atoms with Gasteiger partial charge < -0.3 is 14.6 Å². The molecule has 0 saturated carbocycles. The van der Waals surface area contributed by atoms with Crippen LogP contribution >= 0.6 is 0 Å². The van der Waals surface area contributed by atoms with Crippen LogP contribution in [0.4, 0.5) is 0 Å². The van der Waals surface area contributed by atoms with E-state index in [0.717, 1.165) is 0 Å². The zero-order valence-electron chi connectivity index (χ0n) is 9.42. The van der Waals surface area contributed by atoms with Crippen molar-refractivity contribution in [3.8, 4) is 0 Å². The van der Waals surface area contributed by atoms with Gasteiger partial charge in [0.2, 0.25) is 0 Å². The van der Waals surface area contributed by atoms with Crippen molar-refractivity contribution in [3.05, 3.63) is 18.0 Å². The number of hydrogen-bond donors (Lipinski definition) is 1. The molecule has 0 aliphatic carbocycles. The normalized spacial score (nSPS) is 10.9. The van der Waals surface area contributed by atoms with Gasteiger partial charge in [-0.2, -0.15) is 5.10 Å². The molecule has 1 N–H and O–H groups in total. The third-order valence-electron chi connectivity index (χ3n) is 1.92. The minimum Gasteiger partial charge on any atom is -0.478 e. The summed E-state index contributed by atoms with van der Waals surface area (Å²) in [6, 6.07) is 0. The summed E-state index contributed by atoms with van der Waals surface area (Å²) in [6.07, 6.45) is 2.36. The van der Waals surface area contributed by atoms with Gasteiger partial charge in [-0.1, -0.05) is 0 Å². The molecule has 0 radical (unpaired) electrons. The average Bonchev–Trinajstić information content (AvgIpc) is 2.67. The van der Waals surface area contributed by atoms with E-state index in [-0.39, 0.29) is 5.56 Å². The SMILES string of the molecule is CCOC(Cn1cc(C(=O)O)cn1)OCC. The zero-order valence-corrected chi connectivity index (χ0v) is 9.42. The second-order valence-corrected chi connectivity index (χ2v) is 3.10. The molecule has 1 aromatic heterocycles. The van der Waals surface area contributed by atoms with Gasteiger partial charge in [-0.3, -0.25) is 4.68 Å². The minimum atomic E-state index is -0.990. The van der Waals surface area contributed by atoms with Crippen molar-refractivity contribution in [3.63, 3.8) is 0 Å². The summed E-state index contributed by atoms with van der Waals surface area (Å²) in [5.74, 6) is -0.990. The molecule has 1 rings (SSSR count). The zero-order chi connectivity index (χ0) is 12.0. The minimum absolute atomic E-state index is 0.159. The number of aromatic carboxylic acids is 1. The van der Waals surface area contributed by atoms with Crippen molar-refractivity contribution in [2.45, 2.75) is 26.7 Å². The predicted octanol–water partition coefficient (Wildman–Crippen LogP) is 0.980. The van der Waals surface area contributed by atoms with Crippen LogP contribution in [0, 0.1) is 0 Å². The molecule has 0 saturated heterocycles. The molecule has 0 fully saturated rings. The first-order valence-corrected chi connectivity index (χ1v) is 5.16. The Labute approximate surface area is 93.8 Å². The fourth-order valence-electron chi connectivity index (χ4n) is 1.25. The summed E-state index contributed by atoms with van der Waals surface area (Å²) < 4.78 is 12.2. The maximum Gasteiger partial charge on any atom is 0.338 e. The summed E-state index contributed by atoms with van der Waals surface area (Å²) in [5.41, 5.74) is 0.159. The highest BCUT2D eigenvalue weighted by Gasteiger charge is 2.11. The standard InChI is InChI=1S/C10H16N2O4/c1-3-15-9(16-4-2)7-12-6-8(5-11-12)10(13)14/h5-6,9H,3-4,7H2,1-2H3,(H,13,14). The van der Waals surface area contributed by atoms with E-state index in [1.807, 2.05) is 13.8 Å². The van der Waals surface area contributed by atoms with Crippen molar-refractivity contribution in [1.29, 1.82) is 0 Å². The van der Waals surface area contributed by atoms with Gasteiger partial charge in [0.05, 0.1) is 18.3 Å². The van der Waals surface area contributed by atoms with Crippen LogP contribution in [0.25, 0.3) is 0 Å². The molecule has 90 valence electrons. The lowest BCUT2D eigenvalue weighted by molar-refractivity contribution is -0.144. The summed E-state index contributed by atoms with van der Waals surface area (Å²) in [5, 5.41) is 12.6. The lowest BCUT2D eigenvalue weighted by Gasteiger charge is -2.16. The van der Waals surface area contributed by atoms with Crippen LogP contribution in [-0.4, -0.2) is 40.4 Å². The number of ether oxygens (including phenoxy) is 2. The van der Waals surface area contributed by atoms with E-state index in [1.165, 1.54) is 17.1 Å². The average molecular weight is 228 g/mol. The topological polar surface area (TPSA) is 73.6 Å². The Kier molecular flexibility index (Phi) is 4.94. The van der Waals surface area contributed by atoms with Crippen molar-refractivity contribution in [1.82, 2.24) is 9.78 Å². The van der Waals surface area contributed by atoms with E-state index >= 15 is 0 Å². The summed E-state index contributed by atoms with van der Waals surface area (Å²) >= 11 is 0. The number of aromatic nitrogens is 2. The molecule has 6 nitrogen and oxygen atoms in total. The first-order valence-electron chi connectivity index (χ1n) is 5.16. The molecular formula is C10H16N2O4.